The predicted molar refractivity (Wildman–Crippen MR) is 57.4 cm³/mol. The van der Waals surface area contributed by atoms with Crippen molar-refractivity contribution >= 4 is 5.97 Å². The summed E-state index contributed by atoms with van der Waals surface area (Å²) in [7, 11) is 0. The molecule has 0 atom stereocenters. The van der Waals surface area contributed by atoms with Gasteiger partial charge >= 0.3 is 5.97 Å². The van der Waals surface area contributed by atoms with E-state index in [1.807, 2.05) is 20.8 Å². The number of carbonyl (C=O) groups excluding carboxylic acids is 1. The maximum absolute atomic E-state index is 10.5. The van der Waals surface area contributed by atoms with Gasteiger partial charge in [0.1, 0.15) is 6.61 Å². The number of hydrogen-bond acceptors (Lipinski definition) is 4. The highest BCUT2D eigenvalue weighted by molar-refractivity contribution is 5.66. The molecule has 0 spiro atoms. The van der Waals surface area contributed by atoms with E-state index in [4.69, 9.17) is 14.2 Å². The van der Waals surface area contributed by atoms with Crippen LogP contribution in [0.4, 0.5) is 0 Å². The van der Waals surface area contributed by atoms with Crippen molar-refractivity contribution in [2.45, 2.75) is 34.0 Å². The molecule has 0 unspecified atom stereocenters. The normalized spacial score (nSPS) is 11.9. The van der Waals surface area contributed by atoms with Gasteiger partial charge in [0.15, 0.2) is 6.29 Å². The first-order chi connectivity index (χ1) is 7.11. The molecule has 0 N–H and O–H groups in total. The Morgan fingerprint density at radius 2 is 1.73 bits per heavy atom. The first-order valence-corrected chi connectivity index (χ1v) is 5.15. The topological polar surface area (TPSA) is 44.8 Å². The molecule has 0 aliphatic carbocycles. The van der Waals surface area contributed by atoms with Gasteiger partial charge < -0.3 is 14.2 Å². The molecule has 0 radical (unpaired) electrons. The highest BCUT2D eigenvalue weighted by atomic mass is 16.7. The fourth-order valence-electron chi connectivity index (χ4n) is 1.00. The summed E-state index contributed by atoms with van der Waals surface area (Å²) >= 11 is 0. The zero-order chi connectivity index (χ0) is 11.7. The van der Waals surface area contributed by atoms with E-state index in [9.17, 15) is 4.79 Å². The van der Waals surface area contributed by atoms with Gasteiger partial charge in [-0.1, -0.05) is 0 Å². The van der Waals surface area contributed by atoms with Gasteiger partial charge in [-0.25, -0.2) is 0 Å². The Morgan fingerprint density at radius 1 is 1.20 bits per heavy atom. The number of rotatable bonds is 7. The molecule has 0 saturated carbocycles. The lowest BCUT2D eigenvalue weighted by Crippen LogP contribution is -2.19. The van der Waals surface area contributed by atoms with Crippen LogP contribution in [-0.4, -0.2) is 32.1 Å². The first-order valence-electron chi connectivity index (χ1n) is 5.15. The molecule has 0 aromatic carbocycles. The smallest absolute Gasteiger partial charge is 0.302 e. The van der Waals surface area contributed by atoms with Crippen LogP contribution in [0.15, 0.2) is 11.6 Å². The third-order valence-electron chi connectivity index (χ3n) is 1.70. The summed E-state index contributed by atoms with van der Waals surface area (Å²) in [5, 5.41) is 0. The largest absolute Gasteiger partial charge is 0.462 e. The van der Waals surface area contributed by atoms with Crippen LogP contribution >= 0.6 is 0 Å². The molecule has 4 nitrogen and oxygen atoms in total. The second-order valence-corrected chi connectivity index (χ2v) is 2.99. The molecular formula is C11H20O4. The fraction of sp³-hybridized carbons (Fsp3) is 0.727. The molecule has 0 bridgehead atoms. The Hall–Kier alpha value is -0.870. The summed E-state index contributed by atoms with van der Waals surface area (Å²) < 4.78 is 15.5. The molecule has 4 heteroatoms. The van der Waals surface area contributed by atoms with Gasteiger partial charge in [-0.2, -0.15) is 0 Å². The summed E-state index contributed by atoms with van der Waals surface area (Å²) in [5.41, 5.74) is 0.917. The van der Waals surface area contributed by atoms with Crippen LogP contribution in [-0.2, 0) is 19.0 Å². The van der Waals surface area contributed by atoms with Gasteiger partial charge in [-0.15, -0.1) is 0 Å². The second kappa shape index (κ2) is 8.44. The average Bonchev–Trinajstić information content (AvgIpc) is 2.16. The van der Waals surface area contributed by atoms with Crippen LogP contribution in [0.5, 0.6) is 0 Å². The van der Waals surface area contributed by atoms with Gasteiger partial charge in [0.2, 0.25) is 0 Å². The van der Waals surface area contributed by atoms with Crippen molar-refractivity contribution in [3.05, 3.63) is 11.6 Å². The van der Waals surface area contributed by atoms with E-state index in [2.05, 4.69) is 0 Å². The highest BCUT2D eigenvalue weighted by Crippen LogP contribution is 2.07. The molecule has 0 fully saturated rings. The predicted octanol–water partition coefficient (Wildman–Crippen LogP) is 1.89. The lowest BCUT2D eigenvalue weighted by molar-refractivity contribution is -0.139. The minimum Gasteiger partial charge on any atom is -0.462 e. The molecule has 0 aliphatic heterocycles. The van der Waals surface area contributed by atoms with E-state index in [0.29, 0.717) is 13.2 Å². The van der Waals surface area contributed by atoms with E-state index in [0.717, 1.165) is 5.57 Å². The zero-order valence-electron chi connectivity index (χ0n) is 9.91. The van der Waals surface area contributed by atoms with Gasteiger partial charge in [0.25, 0.3) is 0 Å². The third kappa shape index (κ3) is 7.11. The van der Waals surface area contributed by atoms with Crippen molar-refractivity contribution < 1.29 is 19.0 Å². The molecule has 15 heavy (non-hydrogen) atoms. The second-order valence-electron chi connectivity index (χ2n) is 2.99. The van der Waals surface area contributed by atoms with E-state index >= 15 is 0 Å². The monoisotopic (exact) mass is 216 g/mol. The summed E-state index contributed by atoms with van der Waals surface area (Å²) in [6.45, 7) is 8.52. The van der Waals surface area contributed by atoms with Gasteiger partial charge in [0, 0.05) is 20.1 Å². The van der Waals surface area contributed by atoms with Crippen LogP contribution in [0, 0.1) is 0 Å². The molecule has 0 aromatic heterocycles. The van der Waals surface area contributed by atoms with Gasteiger partial charge in [-0.3, -0.25) is 4.79 Å². The Bertz CT molecular complexity index is 205. The van der Waals surface area contributed by atoms with Crippen LogP contribution in [0.25, 0.3) is 0 Å². The molecule has 0 heterocycles. The molecule has 88 valence electrons. The van der Waals surface area contributed by atoms with Crippen molar-refractivity contribution in [3.63, 3.8) is 0 Å². The SMILES string of the molecule is CCOC(OCC)C(C)=CCOC(C)=O. The first kappa shape index (κ1) is 14.1. The third-order valence-corrected chi connectivity index (χ3v) is 1.70. The van der Waals surface area contributed by atoms with Crippen molar-refractivity contribution in [3.8, 4) is 0 Å². The van der Waals surface area contributed by atoms with Crippen LogP contribution in [0.1, 0.15) is 27.7 Å². The Kier molecular flexibility index (Phi) is 7.95. The van der Waals surface area contributed by atoms with Crippen molar-refractivity contribution in [2.24, 2.45) is 0 Å². The van der Waals surface area contributed by atoms with Crippen molar-refractivity contribution in [2.75, 3.05) is 19.8 Å². The minimum absolute atomic E-state index is 0.262. The summed E-state index contributed by atoms with van der Waals surface area (Å²) in [6.07, 6.45) is 1.45. The number of carbonyl (C=O) groups is 1. The standard InChI is InChI=1S/C11H20O4/c1-5-13-11(14-6-2)9(3)7-8-15-10(4)12/h7,11H,5-6,8H2,1-4H3. The lowest BCUT2D eigenvalue weighted by Gasteiger charge is -2.17. The van der Waals surface area contributed by atoms with Crippen LogP contribution < -0.4 is 0 Å². The lowest BCUT2D eigenvalue weighted by atomic mass is 10.3. The van der Waals surface area contributed by atoms with Crippen LogP contribution in [0.2, 0.25) is 0 Å². The van der Waals surface area contributed by atoms with Gasteiger partial charge in [-0.05, 0) is 32.4 Å². The van der Waals surface area contributed by atoms with E-state index in [1.165, 1.54) is 6.92 Å². The molecule has 0 rings (SSSR count). The maximum atomic E-state index is 10.5. The molecule has 0 saturated heterocycles. The Balaban J connectivity index is 4.08. The fourth-order valence-corrected chi connectivity index (χ4v) is 1.00. The summed E-state index contributed by atoms with van der Waals surface area (Å²) in [6, 6.07) is 0. The Labute approximate surface area is 91.2 Å². The van der Waals surface area contributed by atoms with E-state index in [-0.39, 0.29) is 18.9 Å². The van der Waals surface area contributed by atoms with Crippen molar-refractivity contribution in [1.29, 1.82) is 0 Å². The molecule has 0 aromatic rings. The number of esters is 1. The summed E-state index contributed by atoms with van der Waals surface area (Å²) in [4.78, 5) is 10.5. The molecule has 0 amide bonds. The number of hydrogen-bond donors (Lipinski definition) is 0. The van der Waals surface area contributed by atoms with E-state index in [1.54, 1.807) is 6.08 Å². The van der Waals surface area contributed by atoms with Crippen molar-refractivity contribution in [1.82, 2.24) is 0 Å². The maximum Gasteiger partial charge on any atom is 0.302 e. The molecular weight excluding hydrogens is 196 g/mol. The summed E-state index contributed by atoms with van der Waals surface area (Å²) in [5.74, 6) is -0.289. The van der Waals surface area contributed by atoms with Crippen LogP contribution in [0.3, 0.4) is 0 Å². The van der Waals surface area contributed by atoms with E-state index < -0.39 is 0 Å². The highest BCUT2D eigenvalue weighted by Gasteiger charge is 2.09. The zero-order valence-corrected chi connectivity index (χ0v) is 9.91. The number of ether oxygens (including phenoxy) is 3. The van der Waals surface area contributed by atoms with Gasteiger partial charge in [0.05, 0.1) is 0 Å². The average molecular weight is 216 g/mol. The quantitative estimate of drug-likeness (QED) is 0.370. The Morgan fingerprint density at radius 3 is 2.13 bits per heavy atom. The molecule has 0 aliphatic rings. The minimum atomic E-state index is -0.337.